The number of nitrogen functional groups attached to an aromatic ring is 1. The van der Waals surface area contributed by atoms with Crippen LogP contribution in [0.15, 0.2) is 18.5 Å². The lowest BCUT2D eigenvalue weighted by atomic mass is 10.2. The van der Waals surface area contributed by atoms with E-state index in [2.05, 4.69) is 4.98 Å². The molecule has 2 N–H and O–H groups in total. The van der Waals surface area contributed by atoms with Crippen LogP contribution in [0.3, 0.4) is 0 Å². The van der Waals surface area contributed by atoms with E-state index in [9.17, 15) is 8.42 Å². The molecule has 0 amide bonds. The molecule has 0 aliphatic rings. The number of aryl methyl sites for hydroxylation is 1. The maximum atomic E-state index is 11.2. The summed E-state index contributed by atoms with van der Waals surface area (Å²) in [7, 11) is -2.92. The van der Waals surface area contributed by atoms with Gasteiger partial charge in [0.15, 0.2) is 0 Å². The quantitative estimate of drug-likeness (QED) is 0.798. The molecular formula is C9H14N2O2S. The third-order valence-corrected chi connectivity index (χ3v) is 3.77. The van der Waals surface area contributed by atoms with Crippen molar-refractivity contribution in [1.82, 2.24) is 4.98 Å². The summed E-state index contributed by atoms with van der Waals surface area (Å²) in [5, 5.41) is 0. The molecule has 0 aromatic carbocycles. The van der Waals surface area contributed by atoms with Crippen molar-refractivity contribution in [2.45, 2.75) is 13.3 Å². The predicted octanol–water partition coefficient (Wildman–Crippen LogP) is 0.641. The minimum absolute atomic E-state index is 0.138. The van der Waals surface area contributed by atoms with Crippen LogP contribution in [0.2, 0.25) is 0 Å². The SMILES string of the molecule is CCS(=O)(=O)CCc1cnccc1N. The zero-order valence-electron chi connectivity index (χ0n) is 8.10. The fourth-order valence-corrected chi connectivity index (χ4v) is 1.88. The van der Waals surface area contributed by atoms with Crippen LogP contribution in [0.25, 0.3) is 0 Å². The second kappa shape index (κ2) is 4.41. The van der Waals surface area contributed by atoms with Crippen LogP contribution in [0, 0.1) is 0 Å². The highest BCUT2D eigenvalue weighted by atomic mass is 32.2. The highest BCUT2D eigenvalue weighted by Gasteiger charge is 2.08. The molecule has 0 aliphatic carbocycles. The Hall–Kier alpha value is -1.10. The van der Waals surface area contributed by atoms with E-state index in [1.54, 1.807) is 25.4 Å². The van der Waals surface area contributed by atoms with Crippen molar-refractivity contribution in [2.75, 3.05) is 17.2 Å². The summed E-state index contributed by atoms with van der Waals surface area (Å²) in [6.07, 6.45) is 3.64. The van der Waals surface area contributed by atoms with Gasteiger partial charge in [0.05, 0.1) is 5.75 Å². The number of anilines is 1. The van der Waals surface area contributed by atoms with Gasteiger partial charge in [-0.1, -0.05) is 6.92 Å². The summed E-state index contributed by atoms with van der Waals surface area (Å²) in [6.45, 7) is 1.64. The molecule has 0 bridgehead atoms. The molecule has 1 rings (SSSR count). The number of aromatic nitrogens is 1. The van der Waals surface area contributed by atoms with Gasteiger partial charge in [0.2, 0.25) is 0 Å². The van der Waals surface area contributed by atoms with Gasteiger partial charge < -0.3 is 5.73 Å². The molecule has 0 atom stereocenters. The van der Waals surface area contributed by atoms with Crippen molar-refractivity contribution in [1.29, 1.82) is 0 Å². The predicted molar refractivity (Wildman–Crippen MR) is 56.7 cm³/mol. The van der Waals surface area contributed by atoms with Gasteiger partial charge in [-0.25, -0.2) is 8.42 Å². The minimum Gasteiger partial charge on any atom is -0.398 e. The zero-order chi connectivity index (χ0) is 10.6. The van der Waals surface area contributed by atoms with Crippen LogP contribution < -0.4 is 5.73 Å². The Kier molecular flexibility index (Phi) is 3.46. The topological polar surface area (TPSA) is 73.0 Å². The number of sulfone groups is 1. The van der Waals surface area contributed by atoms with Crippen molar-refractivity contribution in [3.63, 3.8) is 0 Å². The van der Waals surface area contributed by atoms with E-state index in [1.165, 1.54) is 0 Å². The lowest BCUT2D eigenvalue weighted by Crippen LogP contribution is -2.11. The molecule has 0 unspecified atom stereocenters. The Morgan fingerprint density at radius 1 is 1.50 bits per heavy atom. The lowest BCUT2D eigenvalue weighted by molar-refractivity contribution is 0.596. The normalized spacial score (nSPS) is 11.5. The first-order valence-corrected chi connectivity index (χ1v) is 6.26. The van der Waals surface area contributed by atoms with Gasteiger partial charge in [-0.2, -0.15) is 0 Å². The van der Waals surface area contributed by atoms with E-state index in [4.69, 9.17) is 5.73 Å². The maximum absolute atomic E-state index is 11.2. The molecule has 1 heterocycles. The third-order valence-electron chi connectivity index (χ3n) is 2.06. The standard InChI is InChI=1S/C9H14N2O2S/c1-2-14(12,13)6-4-8-7-11-5-3-9(8)10/h3,5,7H,2,4,6H2,1H3,(H2,10,11). The second-order valence-electron chi connectivity index (χ2n) is 3.06. The Morgan fingerprint density at radius 2 is 2.21 bits per heavy atom. The average Bonchev–Trinajstić information content (AvgIpc) is 2.17. The maximum Gasteiger partial charge on any atom is 0.150 e. The smallest absolute Gasteiger partial charge is 0.150 e. The van der Waals surface area contributed by atoms with Gasteiger partial charge in [-0.15, -0.1) is 0 Å². The summed E-state index contributed by atoms with van der Waals surface area (Å²) < 4.78 is 22.4. The van der Waals surface area contributed by atoms with Gasteiger partial charge in [-0.3, -0.25) is 4.98 Å². The minimum atomic E-state index is -2.92. The van der Waals surface area contributed by atoms with Gasteiger partial charge in [0, 0.05) is 23.8 Å². The van der Waals surface area contributed by atoms with Gasteiger partial charge >= 0.3 is 0 Å². The third kappa shape index (κ3) is 2.99. The molecule has 4 nitrogen and oxygen atoms in total. The number of pyridine rings is 1. The largest absolute Gasteiger partial charge is 0.398 e. The van der Waals surface area contributed by atoms with Crippen LogP contribution in [-0.2, 0) is 16.3 Å². The molecule has 1 aromatic heterocycles. The highest BCUT2D eigenvalue weighted by Crippen LogP contribution is 2.10. The second-order valence-corrected chi connectivity index (χ2v) is 5.53. The van der Waals surface area contributed by atoms with Gasteiger partial charge in [0.25, 0.3) is 0 Å². The molecule has 0 aliphatic heterocycles. The van der Waals surface area contributed by atoms with E-state index < -0.39 is 9.84 Å². The lowest BCUT2D eigenvalue weighted by Gasteiger charge is -2.04. The molecule has 0 spiro atoms. The molecule has 14 heavy (non-hydrogen) atoms. The molecular weight excluding hydrogens is 200 g/mol. The van der Waals surface area contributed by atoms with Crippen molar-refractivity contribution in [3.8, 4) is 0 Å². The summed E-state index contributed by atoms with van der Waals surface area (Å²) >= 11 is 0. The monoisotopic (exact) mass is 214 g/mol. The average molecular weight is 214 g/mol. The van der Waals surface area contributed by atoms with Crippen LogP contribution in [-0.4, -0.2) is 24.9 Å². The molecule has 0 saturated heterocycles. The number of hydrogen-bond donors (Lipinski definition) is 1. The zero-order valence-corrected chi connectivity index (χ0v) is 8.92. The van der Waals surface area contributed by atoms with E-state index in [0.29, 0.717) is 12.1 Å². The van der Waals surface area contributed by atoms with E-state index >= 15 is 0 Å². The molecule has 1 aromatic rings. The number of nitrogens with two attached hydrogens (primary N) is 1. The molecule has 78 valence electrons. The van der Waals surface area contributed by atoms with E-state index in [-0.39, 0.29) is 11.5 Å². The van der Waals surface area contributed by atoms with Crippen LogP contribution in [0.4, 0.5) is 5.69 Å². The Balaban J connectivity index is 2.68. The van der Waals surface area contributed by atoms with Gasteiger partial charge in [-0.05, 0) is 18.1 Å². The Morgan fingerprint density at radius 3 is 2.79 bits per heavy atom. The Labute approximate surface area is 84.1 Å². The molecule has 0 saturated carbocycles. The molecule has 0 radical (unpaired) electrons. The van der Waals surface area contributed by atoms with Gasteiger partial charge in [0.1, 0.15) is 9.84 Å². The first-order valence-electron chi connectivity index (χ1n) is 4.44. The number of nitrogens with zero attached hydrogens (tertiary/aromatic N) is 1. The van der Waals surface area contributed by atoms with Crippen molar-refractivity contribution in [2.24, 2.45) is 0 Å². The van der Waals surface area contributed by atoms with Crippen molar-refractivity contribution in [3.05, 3.63) is 24.0 Å². The Bertz CT molecular complexity index is 401. The number of rotatable bonds is 4. The fourth-order valence-electron chi connectivity index (χ4n) is 1.06. The molecule has 0 fully saturated rings. The summed E-state index contributed by atoms with van der Waals surface area (Å²) in [5.74, 6) is 0.312. The first kappa shape index (κ1) is 11.0. The number of hydrogen-bond acceptors (Lipinski definition) is 4. The summed E-state index contributed by atoms with van der Waals surface area (Å²) in [5.41, 5.74) is 7.06. The van der Waals surface area contributed by atoms with Crippen LogP contribution >= 0.6 is 0 Å². The highest BCUT2D eigenvalue weighted by molar-refractivity contribution is 7.91. The van der Waals surface area contributed by atoms with Crippen molar-refractivity contribution >= 4 is 15.5 Å². The first-order chi connectivity index (χ1) is 6.55. The van der Waals surface area contributed by atoms with E-state index in [0.717, 1.165) is 5.56 Å². The summed E-state index contributed by atoms with van der Waals surface area (Å²) in [6, 6.07) is 1.67. The van der Waals surface area contributed by atoms with E-state index in [1.807, 2.05) is 0 Å². The fraction of sp³-hybridized carbons (Fsp3) is 0.444. The van der Waals surface area contributed by atoms with Crippen molar-refractivity contribution < 1.29 is 8.42 Å². The van der Waals surface area contributed by atoms with Crippen LogP contribution in [0.5, 0.6) is 0 Å². The van der Waals surface area contributed by atoms with Crippen LogP contribution in [0.1, 0.15) is 12.5 Å². The molecule has 5 heteroatoms. The summed E-state index contributed by atoms with van der Waals surface area (Å²) in [4.78, 5) is 3.90.